The van der Waals surface area contributed by atoms with E-state index >= 15 is 0 Å². The molecule has 2 aliphatic rings. The van der Waals surface area contributed by atoms with Gasteiger partial charge in [-0.25, -0.2) is 0 Å². The molecular formula is C15H29BrSi. The van der Waals surface area contributed by atoms with E-state index < -0.39 is 0 Å². The highest BCUT2D eigenvalue weighted by Gasteiger charge is 2.30. The predicted molar refractivity (Wildman–Crippen MR) is 83.8 cm³/mol. The Morgan fingerprint density at radius 3 is 2.06 bits per heavy atom. The van der Waals surface area contributed by atoms with E-state index in [1.54, 1.807) is 43.8 Å². The Labute approximate surface area is 118 Å². The van der Waals surface area contributed by atoms with Crippen molar-refractivity contribution in [1.29, 1.82) is 0 Å². The molecule has 0 aromatic carbocycles. The summed E-state index contributed by atoms with van der Waals surface area (Å²) in [6.45, 7) is 2.43. The molecule has 0 radical (unpaired) electrons. The molecule has 0 nitrogen and oxygen atoms in total. The second-order valence-corrected chi connectivity index (χ2v) is 10.9. The smallest absolute Gasteiger partial charge is 0.0365 e. The van der Waals surface area contributed by atoms with Gasteiger partial charge in [-0.15, -0.1) is 0 Å². The maximum atomic E-state index is 3.60. The highest BCUT2D eigenvalue weighted by Crippen LogP contribution is 2.41. The number of rotatable bonds is 4. The van der Waals surface area contributed by atoms with Crippen LogP contribution in [0.1, 0.15) is 51.9 Å². The van der Waals surface area contributed by atoms with Crippen LogP contribution >= 0.6 is 15.9 Å². The Kier molecular flexibility index (Phi) is 6.08. The van der Waals surface area contributed by atoms with Crippen LogP contribution in [0.2, 0.25) is 18.1 Å². The van der Waals surface area contributed by atoms with Crippen LogP contribution in [-0.2, 0) is 0 Å². The molecule has 2 heteroatoms. The second kappa shape index (κ2) is 7.33. The number of halogens is 1. The molecule has 1 aliphatic carbocycles. The highest BCUT2D eigenvalue weighted by atomic mass is 79.9. The lowest BCUT2D eigenvalue weighted by Gasteiger charge is -2.37. The van der Waals surface area contributed by atoms with E-state index in [1.807, 2.05) is 0 Å². The van der Waals surface area contributed by atoms with E-state index in [-0.39, 0.29) is 8.80 Å². The Morgan fingerprint density at radius 1 is 0.941 bits per heavy atom. The average Bonchev–Trinajstić information content (AvgIpc) is 2.40. The summed E-state index contributed by atoms with van der Waals surface area (Å²) >= 11 is 3.60. The van der Waals surface area contributed by atoms with Crippen molar-refractivity contribution < 1.29 is 0 Å². The van der Waals surface area contributed by atoms with Gasteiger partial charge in [0.05, 0.1) is 0 Å². The Morgan fingerprint density at radius 2 is 1.53 bits per heavy atom. The van der Waals surface area contributed by atoms with Crippen molar-refractivity contribution in [2.24, 2.45) is 17.8 Å². The maximum absolute atomic E-state index is 3.60. The second-order valence-electron chi connectivity index (χ2n) is 6.45. The molecule has 100 valence electrons. The van der Waals surface area contributed by atoms with Crippen molar-refractivity contribution in [3.8, 4) is 0 Å². The van der Waals surface area contributed by atoms with Gasteiger partial charge in [-0.1, -0.05) is 66.7 Å². The molecule has 1 aliphatic heterocycles. The number of hydrogen-bond donors (Lipinski definition) is 0. The molecule has 2 fully saturated rings. The molecule has 1 heterocycles. The minimum Gasteiger partial charge on any atom is -0.0928 e. The average molecular weight is 317 g/mol. The molecule has 2 rings (SSSR count). The lowest BCUT2D eigenvalue weighted by molar-refractivity contribution is 0.189. The first-order valence-electron chi connectivity index (χ1n) is 7.89. The van der Waals surface area contributed by atoms with Crippen molar-refractivity contribution in [2.75, 3.05) is 5.33 Å². The van der Waals surface area contributed by atoms with Gasteiger partial charge < -0.3 is 0 Å². The lowest BCUT2D eigenvalue weighted by atomic mass is 9.73. The minimum atomic E-state index is -0.228. The molecule has 1 saturated carbocycles. The monoisotopic (exact) mass is 316 g/mol. The third-order valence-electron chi connectivity index (χ3n) is 5.54. The van der Waals surface area contributed by atoms with E-state index in [4.69, 9.17) is 0 Å². The molecule has 0 spiro atoms. The summed E-state index contributed by atoms with van der Waals surface area (Å²) in [7, 11) is -0.228. The van der Waals surface area contributed by atoms with Crippen molar-refractivity contribution in [3.05, 3.63) is 0 Å². The molecule has 0 atom stereocenters. The van der Waals surface area contributed by atoms with Crippen LogP contribution in [0.25, 0.3) is 0 Å². The first-order chi connectivity index (χ1) is 8.33. The van der Waals surface area contributed by atoms with Crippen LogP contribution in [0.3, 0.4) is 0 Å². The zero-order chi connectivity index (χ0) is 12.1. The van der Waals surface area contributed by atoms with Crippen LogP contribution in [0.15, 0.2) is 0 Å². The first kappa shape index (κ1) is 14.1. The van der Waals surface area contributed by atoms with Gasteiger partial charge in [-0.2, -0.15) is 0 Å². The molecule has 0 bridgehead atoms. The van der Waals surface area contributed by atoms with E-state index in [0.717, 1.165) is 17.8 Å². The molecule has 1 saturated heterocycles. The van der Waals surface area contributed by atoms with Gasteiger partial charge in [0.1, 0.15) is 0 Å². The summed E-state index contributed by atoms with van der Waals surface area (Å²) < 4.78 is 0. The zero-order valence-electron chi connectivity index (χ0n) is 11.5. The fourth-order valence-corrected chi connectivity index (χ4v) is 7.72. The fraction of sp³-hybridized carbons (Fsp3) is 1.00. The Hall–Kier alpha value is 0.697. The van der Waals surface area contributed by atoms with Gasteiger partial charge in [-0.05, 0) is 37.0 Å². The molecular weight excluding hydrogens is 288 g/mol. The fourth-order valence-electron chi connectivity index (χ4n) is 4.17. The zero-order valence-corrected chi connectivity index (χ0v) is 14.2. The minimum absolute atomic E-state index is 0.228. The highest BCUT2D eigenvalue weighted by molar-refractivity contribution is 9.09. The summed E-state index contributed by atoms with van der Waals surface area (Å²) in [4.78, 5) is 0. The summed E-state index contributed by atoms with van der Waals surface area (Å²) in [5.41, 5.74) is 0. The molecule has 0 aromatic rings. The molecule has 17 heavy (non-hydrogen) atoms. The van der Waals surface area contributed by atoms with E-state index in [1.165, 1.54) is 24.6 Å². The van der Waals surface area contributed by atoms with Gasteiger partial charge in [0.15, 0.2) is 0 Å². The van der Waals surface area contributed by atoms with Gasteiger partial charge in [0, 0.05) is 14.1 Å². The van der Waals surface area contributed by atoms with Crippen LogP contribution in [-0.4, -0.2) is 14.1 Å². The molecule has 0 N–H and O–H groups in total. The summed E-state index contributed by atoms with van der Waals surface area (Å²) in [5, 5.41) is 1.22. The normalized spacial score (nSPS) is 39.2. The van der Waals surface area contributed by atoms with Crippen LogP contribution in [0.5, 0.6) is 0 Å². The van der Waals surface area contributed by atoms with Crippen LogP contribution < -0.4 is 0 Å². The standard InChI is InChI=1S/C15H29BrSi/c1-2-17-11-8-15(9-12-17)14-5-3-13(4-6-14)7-10-16/h13-15,17H,2-12H2,1H3/t13-,14-,15?,17?. The van der Waals surface area contributed by atoms with Crippen molar-refractivity contribution in [1.82, 2.24) is 0 Å². The maximum Gasteiger partial charge on any atom is 0.0365 e. The third kappa shape index (κ3) is 4.09. The van der Waals surface area contributed by atoms with E-state index in [2.05, 4.69) is 22.9 Å². The quantitative estimate of drug-likeness (QED) is 0.492. The van der Waals surface area contributed by atoms with Gasteiger partial charge in [0.2, 0.25) is 0 Å². The van der Waals surface area contributed by atoms with Crippen LogP contribution in [0.4, 0.5) is 0 Å². The summed E-state index contributed by atoms with van der Waals surface area (Å²) in [5.74, 6) is 3.30. The SMILES string of the molecule is CC[SiH]1CCC([C@H]2CC[C@H](CCBr)CC2)CC1. The van der Waals surface area contributed by atoms with Gasteiger partial charge >= 0.3 is 0 Å². The topological polar surface area (TPSA) is 0 Å². The molecule has 0 unspecified atom stereocenters. The number of hydrogen-bond acceptors (Lipinski definition) is 0. The van der Waals surface area contributed by atoms with Gasteiger partial charge in [-0.3, -0.25) is 0 Å². The summed E-state index contributed by atoms with van der Waals surface area (Å²) in [6, 6.07) is 4.90. The Bertz CT molecular complexity index is 203. The molecule has 0 amide bonds. The predicted octanol–water partition coefficient (Wildman–Crippen LogP) is 5.23. The first-order valence-corrected chi connectivity index (χ1v) is 11.5. The van der Waals surface area contributed by atoms with E-state index in [0.29, 0.717) is 0 Å². The van der Waals surface area contributed by atoms with Crippen molar-refractivity contribution in [2.45, 2.75) is 70.0 Å². The third-order valence-corrected chi connectivity index (χ3v) is 9.46. The summed E-state index contributed by atoms with van der Waals surface area (Å²) in [6.07, 6.45) is 10.8. The van der Waals surface area contributed by atoms with Crippen LogP contribution in [0, 0.1) is 17.8 Å². The van der Waals surface area contributed by atoms with Gasteiger partial charge in [0.25, 0.3) is 0 Å². The Balaban J connectivity index is 1.70. The van der Waals surface area contributed by atoms with E-state index in [9.17, 15) is 0 Å². The van der Waals surface area contributed by atoms with Crippen molar-refractivity contribution >= 4 is 24.7 Å². The van der Waals surface area contributed by atoms with Crippen molar-refractivity contribution in [3.63, 3.8) is 0 Å². The lowest BCUT2D eigenvalue weighted by Crippen LogP contribution is -2.28. The number of alkyl halides is 1. The molecule has 0 aromatic heterocycles. The largest absolute Gasteiger partial charge is 0.0928 e.